The fourth-order valence-corrected chi connectivity index (χ4v) is 3.83. The van der Waals surface area contributed by atoms with Crippen molar-refractivity contribution in [2.75, 3.05) is 10.6 Å². The van der Waals surface area contributed by atoms with Gasteiger partial charge in [-0.3, -0.25) is 0 Å². The Hall–Kier alpha value is -3.59. The molecule has 0 amide bonds. The highest BCUT2D eigenvalue weighted by molar-refractivity contribution is 5.63. The predicted octanol–water partition coefficient (Wildman–Crippen LogP) is 3.75. The van der Waals surface area contributed by atoms with Gasteiger partial charge in [0.25, 0.3) is 0 Å². The van der Waals surface area contributed by atoms with Crippen LogP contribution in [0.2, 0.25) is 0 Å². The Morgan fingerprint density at radius 1 is 0.935 bits per heavy atom. The molecule has 4 aromatic rings. The smallest absolute Gasteiger partial charge is 0.227 e. The second kappa shape index (κ2) is 8.27. The van der Waals surface area contributed by atoms with Gasteiger partial charge in [-0.1, -0.05) is 12.1 Å². The van der Waals surface area contributed by atoms with Crippen LogP contribution in [-0.2, 0) is 0 Å². The van der Waals surface area contributed by atoms with Gasteiger partial charge in [0.1, 0.15) is 11.6 Å². The van der Waals surface area contributed by atoms with Gasteiger partial charge in [-0.15, -0.1) is 5.10 Å². The van der Waals surface area contributed by atoms with Crippen LogP contribution in [0.5, 0.6) is 0 Å². The number of hydrogen-bond acceptors (Lipinski definition) is 7. The Bertz CT molecular complexity index is 1180. The molecule has 0 bridgehead atoms. The topological polar surface area (TPSA) is 106 Å². The average molecular weight is 418 g/mol. The zero-order valence-corrected chi connectivity index (χ0v) is 16.9. The fraction of sp³-hybridized carbons (Fsp3) is 0.273. The first-order chi connectivity index (χ1) is 15.2. The summed E-state index contributed by atoms with van der Waals surface area (Å²) in [4.78, 5) is 13.1. The number of nitrogens with two attached hydrogens (primary N) is 1. The molecule has 9 heteroatoms. The number of para-hydroxylation sites is 1. The standard InChI is InChI=1S/C22H23FN8/c23-17-3-1-2-4-18(17)29-22-26-11-14(12-27-22)19-13-25-21-10-9-20(30-31(19)21)28-16-7-5-15(24)6-8-16/h1-4,9-13,15-16H,5-8,24H2,(H,28,30)(H,26,27,29)/t15-,16-. The summed E-state index contributed by atoms with van der Waals surface area (Å²) in [5.74, 6) is 0.751. The fourth-order valence-electron chi connectivity index (χ4n) is 3.83. The Kier molecular flexibility index (Phi) is 5.17. The predicted molar refractivity (Wildman–Crippen MR) is 118 cm³/mol. The lowest BCUT2D eigenvalue weighted by atomic mass is 9.92. The van der Waals surface area contributed by atoms with E-state index in [0.717, 1.165) is 48.4 Å². The molecule has 1 saturated carbocycles. The number of nitrogens with zero attached hydrogens (tertiary/aromatic N) is 5. The van der Waals surface area contributed by atoms with Crippen molar-refractivity contribution in [2.45, 2.75) is 37.8 Å². The number of imidazole rings is 1. The van der Waals surface area contributed by atoms with E-state index in [1.165, 1.54) is 6.07 Å². The van der Waals surface area contributed by atoms with Crippen molar-refractivity contribution in [3.05, 3.63) is 60.8 Å². The maximum absolute atomic E-state index is 13.8. The van der Waals surface area contributed by atoms with E-state index in [-0.39, 0.29) is 5.82 Å². The summed E-state index contributed by atoms with van der Waals surface area (Å²) < 4.78 is 15.6. The van der Waals surface area contributed by atoms with Gasteiger partial charge < -0.3 is 16.4 Å². The highest BCUT2D eigenvalue weighted by Gasteiger charge is 2.19. The normalized spacial score (nSPS) is 18.8. The minimum absolute atomic E-state index is 0.310. The van der Waals surface area contributed by atoms with Crippen molar-refractivity contribution in [1.82, 2.24) is 24.6 Å². The molecule has 0 atom stereocenters. The van der Waals surface area contributed by atoms with Crippen molar-refractivity contribution in [2.24, 2.45) is 5.73 Å². The molecule has 8 nitrogen and oxygen atoms in total. The van der Waals surface area contributed by atoms with E-state index in [9.17, 15) is 4.39 Å². The maximum atomic E-state index is 13.8. The first-order valence-corrected chi connectivity index (χ1v) is 10.4. The molecule has 0 spiro atoms. The Balaban J connectivity index is 1.36. The van der Waals surface area contributed by atoms with Gasteiger partial charge in [-0.2, -0.15) is 0 Å². The summed E-state index contributed by atoms with van der Waals surface area (Å²) in [6, 6.07) is 11.0. The third-order valence-electron chi connectivity index (χ3n) is 5.55. The van der Waals surface area contributed by atoms with Crippen molar-refractivity contribution in [3.8, 4) is 11.3 Å². The summed E-state index contributed by atoms with van der Waals surface area (Å²) >= 11 is 0. The second-order valence-corrected chi connectivity index (χ2v) is 7.79. The summed E-state index contributed by atoms with van der Waals surface area (Å²) in [6.45, 7) is 0. The third kappa shape index (κ3) is 4.17. The van der Waals surface area contributed by atoms with Crippen LogP contribution in [0.4, 0.5) is 21.8 Å². The second-order valence-electron chi connectivity index (χ2n) is 7.79. The van der Waals surface area contributed by atoms with E-state index in [2.05, 4.69) is 25.6 Å². The van der Waals surface area contributed by atoms with Crippen LogP contribution in [-0.4, -0.2) is 36.6 Å². The monoisotopic (exact) mass is 418 g/mol. The highest BCUT2D eigenvalue weighted by Crippen LogP contribution is 2.24. The number of hydrogen-bond donors (Lipinski definition) is 3. The van der Waals surface area contributed by atoms with E-state index in [1.54, 1.807) is 41.3 Å². The number of fused-ring (bicyclic) bond motifs is 1. The van der Waals surface area contributed by atoms with Crippen molar-refractivity contribution < 1.29 is 4.39 Å². The molecule has 0 aliphatic heterocycles. The lowest BCUT2D eigenvalue weighted by Gasteiger charge is -2.27. The molecule has 158 valence electrons. The Morgan fingerprint density at radius 3 is 2.48 bits per heavy atom. The molecule has 1 aromatic carbocycles. The Morgan fingerprint density at radius 2 is 1.71 bits per heavy atom. The van der Waals surface area contributed by atoms with Gasteiger partial charge in [-0.25, -0.2) is 23.9 Å². The number of anilines is 3. The molecule has 4 N–H and O–H groups in total. The minimum atomic E-state index is -0.360. The van der Waals surface area contributed by atoms with E-state index in [4.69, 9.17) is 10.8 Å². The zero-order valence-electron chi connectivity index (χ0n) is 16.9. The first kappa shape index (κ1) is 19.4. The van der Waals surface area contributed by atoms with E-state index >= 15 is 0 Å². The third-order valence-corrected chi connectivity index (χ3v) is 5.55. The van der Waals surface area contributed by atoms with Crippen LogP contribution < -0.4 is 16.4 Å². The molecule has 0 saturated heterocycles. The lowest BCUT2D eigenvalue weighted by Crippen LogP contribution is -2.33. The van der Waals surface area contributed by atoms with Gasteiger partial charge in [0.15, 0.2) is 5.65 Å². The number of halogens is 1. The van der Waals surface area contributed by atoms with Crippen LogP contribution in [0, 0.1) is 5.82 Å². The number of nitrogens with one attached hydrogen (secondary N) is 2. The quantitative estimate of drug-likeness (QED) is 0.453. The van der Waals surface area contributed by atoms with Crippen LogP contribution in [0.25, 0.3) is 16.9 Å². The summed E-state index contributed by atoms with van der Waals surface area (Å²) in [6.07, 6.45) is 9.23. The summed E-state index contributed by atoms with van der Waals surface area (Å²) in [7, 11) is 0. The molecule has 3 aromatic heterocycles. The van der Waals surface area contributed by atoms with Crippen LogP contribution >= 0.6 is 0 Å². The van der Waals surface area contributed by atoms with Gasteiger partial charge in [0.05, 0.1) is 17.6 Å². The number of rotatable bonds is 5. The first-order valence-electron chi connectivity index (χ1n) is 10.4. The lowest BCUT2D eigenvalue weighted by molar-refractivity contribution is 0.410. The van der Waals surface area contributed by atoms with Crippen molar-refractivity contribution in [1.29, 1.82) is 0 Å². The maximum Gasteiger partial charge on any atom is 0.227 e. The molecule has 1 aliphatic rings. The average Bonchev–Trinajstić information content (AvgIpc) is 3.21. The molecular formula is C22H23FN8. The molecule has 0 radical (unpaired) electrons. The molecule has 1 fully saturated rings. The van der Waals surface area contributed by atoms with Crippen LogP contribution in [0.15, 0.2) is 55.0 Å². The molecular weight excluding hydrogens is 395 g/mol. The van der Waals surface area contributed by atoms with Gasteiger partial charge in [0, 0.05) is 30.0 Å². The zero-order chi connectivity index (χ0) is 21.2. The molecule has 5 rings (SSSR count). The Labute approximate surface area is 178 Å². The van der Waals surface area contributed by atoms with E-state index < -0.39 is 0 Å². The van der Waals surface area contributed by atoms with Crippen molar-refractivity contribution in [3.63, 3.8) is 0 Å². The van der Waals surface area contributed by atoms with Gasteiger partial charge in [-0.05, 0) is 49.9 Å². The minimum Gasteiger partial charge on any atom is -0.366 e. The molecule has 31 heavy (non-hydrogen) atoms. The number of benzene rings is 1. The largest absolute Gasteiger partial charge is 0.366 e. The van der Waals surface area contributed by atoms with Crippen LogP contribution in [0.3, 0.4) is 0 Å². The summed E-state index contributed by atoms with van der Waals surface area (Å²) in [5, 5.41) is 11.1. The van der Waals surface area contributed by atoms with Crippen molar-refractivity contribution >= 4 is 23.1 Å². The molecule has 3 heterocycles. The molecule has 0 unspecified atom stereocenters. The SMILES string of the molecule is N[C@H]1CC[C@H](Nc2ccc3ncc(-c4cnc(Nc5ccccc5F)nc4)n3n2)CC1. The van der Waals surface area contributed by atoms with Gasteiger partial charge >= 0.3 is 0 Å². The van der Waals surface area contributed by atoms with Crippen LogP contribution in [0.1, 0.15) is 25.7 Å². The van der Waals surface area contributed by atoms with E-state index in [0.29, 0.717) is 23.7 Å². The molecule has 1 aliphatic carbocycles. The highest BCUT2D eigenvalue weighted by atomic mass is 19.1. The summed E-state index contributed by atoms with van der Waals surface area (Å²) in [5.41, 5.74) is 8.61. The van der Waals surface area contributed by atoms with Gasteiger partial charge in [0.2, 0.25) is 5.95 Å². The number of aromatic nitrogens is 5. The van der Waals surface area contributed by atoms with E-state index in [1.807, 2.05) is 12.1 Å².